The van der Waals surface area contributed by atoms with Crippen LogP contribution in [0, 0.1) is 0 Å². The number of nitrogens with two attached hydrogens (primary N) is 1. The molecule has 0 aliphatic carbocycles. The lowest BCUT2D eigenvalue weighted by Gasteiger charge is -2.14. The quantitative estimate of drug-likeness (QED) is 0.560. The van der Waals surface area contributed by atoms with E-state index in [1.165, 1.54) is 10.9 Å². The van der Waals surface area contributed by atoms with Crippen molar-refractivity contribution in [1.29, 1.82) is 0 Å². The molecule has 2 unspecified atom stereocenters. The first-order valence-electron chi connectivity index (χ1n) is 4.13. The Balaban J connectivity index is 2.65. The predicted octanol–water partition coefficient (Wildman–Crippen LogP) is -1.31. The van der Waals surface area contributed by atoms with E-state index in [0.717, 1.165) is 0 Å². The first-order chi connectivity index (χ1) is 6.50. The van der Waals surface area contributed by atoms with Crippen LogP contribution in [0.4, 0.5) is 0 Å². The number of carbonyl (C=O) groups excluding carboxylic acids is 1. The molecule has 0 fully saturated rings. The van der Waals surface area contributed by atoms with Gasteiger partial charge in [-0.1, -0.05) is 0 Å². The number of aryl methyl sites for hydroxylation is 1. The summed E-state index contributed by atoms with van der Waals surface area (Å²) in [5.74, 6) is -0.652. The molecule has 6 nitrogen and oxygen atoms in total. The molecule has 1 aromatic heterocycles. The van der Waals surface area contributed by atoms with Crippen LogP contribution >= 0.6 is 0 Å². The minimum absolute atomic E-state index is 0.268. The highest BCUT2D eigenvalue weighted by Crippen LogP contribution is 2.17. The Kier molecular flexibility index (Phi) is 3.21. The third kappa shape index (κ3) is 2.54. The third-order valence-electron chi connectivity index (χ3n) is 1.84. The summed E-state index contributed by atoms with van der Waals surface area (Å²) in [6, 6.07) is 0. The van der Waals surface area contributed by atoms with Crippen molar-refractivity contribution in [3.05, 3.63) is 18.0 Å². The third-order valence-corrected chi connectivity index (χ3v) is 1.84. The molecule has 1 aromatic rings. The van der Waals surface area contributed by atoms with Crippen molar-refractivity contribution < 1.29 is 15.0 Å². The summed E-state index contributed by atoms with van der Waals surface area (Å²) >= 11 is 0. The van der Waals surface area contributed by atoms with E-state index in [9.17, 15) is 15.0 Å². The molecule has 78 valence electrons. The van der Waals surface area contributed by atoms with Gasteiger partial charge in [0.15, 0.2) is 0 Å². The molecular weight excluding hydrogens is 186 g/mol. The molecular formula is C8H13N3O3. The Labute approximate surface area is 81.0 Å². The molecule has 0 aliphatic rings. The summed E-state index contributed by atoms with van der Waals surface area (Å²) in [5.41, 5.74) is 5.34. The normalized spacial score (nSPS) is 15.1. The summed E-state index contributed by atoms with van der Waals surface area (Å²) in [5, 5.41) is 22.7. The molecule has 0 aromatic carbocycles. The minimum atomic E-state index is -1.18. The van der Waals surface area contributed by atoms with Crippen molar-refractivity contribution in [3.63, 3.8) is 0 Å². The van der Waals surface area contributed by atoms with E-state index in [4.69, 9.17) is 5.73 Å². The zero-order valence-electron chi connectivity index (χ0n) is 7.79. The van der Waals surface area contributed by atoms with Crippen LogP contribution < -0.4 is 5.73 Å². The summed E-state index contributed by atoms with van der Waals surface area (Å²) in [6.07, 6.45) is 0.410. The smallest absolute Gasteiger partial charge is 0.220 e. The largest absolute Gasteiger partial charge is 0.390 e. The van der Waals surface area contributed by atoms with E-state index in [1.807, 2.05) is 0 Å². The molecule has 4 N–H and O–H groups in total. The van der Waals surface area contributed by atoms with Crippen LogP contribution in [0.25, 0.3) is 0 Å². The Morgan fingerprint density at radius 1 is 1.71 bits per heavy atom. The van der Waals surface area contributed by atoms with E-state index in [1.54, 1.807) is 13.2 Å². The van der Waals surface area contributed by atoms with Gasteiger partial charge in [-0.25, -0.2) is 0 Å². The van der Waals surface area contributed by atoms with Crippen LogP contribution in [-0.4, -0.2) is 32.0 Å². The number of primary amides is 1. The second kappa shape index (κ2) is 4.21. The Bertz CT molecular complexity index is 323. The van der Waals surface area contributed by atoms with Crippen molar-refractivity contribution in [3.8, 4) is 0 Å². The number of aliphatic hydroxyl groups is 2. The average Bonchev–Trinajstić information content (AvgIpc) is 2.49. The van der Waals surface area contributed by atoms with Gasteiger partial charge in [0.1, 0.15) is 6.10 Å². The van der Waals surface area contributed by atoms with E-state index in [-0.39, 0.29) is 6.42 Å². The van der Waals surface area contributed by atoms with Gasteiger partial charge in [0.05, 0.1) is 18.7 Å². The Morgan fingerprint density at radius 3 is 2.79 bits per heavy atom. The fraction of sp³-hybridized carbons (Fsp3) is 0.500. The number of hydrogen-bond acceptors (Lipinski definition) is 4. The Hall–Kier alpha value is -1.40. The van der Waals surface area contributed by atoms with Crippen LogP contribution in [0.3, 0.4) is 0 Å². The molecule has 0 radical (unpaired) electrons. The van der Waals surface area contributed by atoms with Gasteiger partial charge < -0.3 is 15.9 Å². The van der Waals surface area contributed by atoms with E-state index >= 15 is 0 Å². The number of aromatic nitrogens is 2. The van der Waals surface area contributed by atoms with Crippen molar-refractivity contribution in [1.82, 2.24) is 9.78 Å². The maximum absolute atomic E-state index is 10.5. The van der Waals surface area contributed by atoms with E-state index < -0.39 is 18.1 Å². The van der Waals surface area contributed by atoms with Crippen LogP contribution in [0.1, 0.15) is 18.1 Å². The lowest BCUT2D eigenvalue weighted by Crippen LogP contribution is -2.25. The average molecular weight is 199 g/mol. The first kappa shape index (κ1) is 10.7. The fourth-order valence-corrected chi connectivity index (χ4v) is 1.13. The standard InChI is InChI=1S/C8H13N3O3/c1-11-4-5(3-10-11)8(14)6(12)2-7(9)13/h3-4,6,8,12,14H,2H2,1H3,(H2,9,13). The second-order valence-electron chi connectivity index (χ2n) is 3.13. The zero-order valence-corrected chi connectivity index (χ0v) is 7.79. The van der Waals surface area contributed by atoms with Crippen molar-refractivity contribution >= 4 is 5.91 Å². The highest BCUT2D eigenvalue weighted by molar-refractivity contribution is 5.74. The van der Waals surface area contributed by atoms with Gasteiger partial charge in [0.2, 0.25) is 5.91 Å². The van der Waals surface area contributed by atoms with Gasteiger partial charge in [-0.3, -0.25) is 9.48 Å². The van der Waals surface area contributed by atoms with Gasteiger partial charge in [-0.2, -0.15) is 5.10 Å². The molecule has 14 heavy (non-hydrogen) atoms. The predicted molar refractivity (Wildman–Crippen MR) is 48.0 cm³/mol. The van der Waals surface area contributed by atoms with Crippen molar-refractivity contribution in [2.45, 2.75) is 18.6 Å². The molecule has 6 heteroatoms. The van der Waals surface area contributed by atoms with Crippen LogP contribution in [0.15, 0.2) is 12.4 Å². The summed E-state index contributed by atoms with van der Waals surface area (Å²) in [7, 11) is 1.69. The molecule has 1 rings (SSSR count). The van der Waals surface area contributed by atoms with Gasteiger partial charge in [-0.05, 0) is 0 Å². The molecule has 1 amide bonds. The summed E-state index contributed by atoms with van der Waals surface area (Å²) in [6.45, 7) is 0. The minimum Gasteiger partial charge on any atom is -0.390 e. The summed E-state index contributed by atoms with van der Waals surface area (Å²) < 4.78 is 1.50. The van der Waals surface area contributed by atoms with Crippen molar-refractivity contribution in [2.75, 3.05) is 0 Å². The molecule has 0 bridgehead atoms. The number of hydrogen-bond donors (Lipinski definition) is 3. The molecule has 0 aliphatic heterocycles. The molecule has 0 saturated carbocycles. The van der Waals surface area contributed by atoms with Gasteiger partial charge in [-0.15, -0.1) is 0 Å². The number of amides is 1. The van der Waals surface area contributed by atoms with Gasteiger partial charge >= 0.3 is 0 Å². The second-order valence-corrected chi connectivity index (χ2v) is 3.13. The first-order valence-corrected chi connectivity index (χ1v) is 4.13. The molecule has 0 spiro atoms. The van der Waals surface area contributed by atoms with Crippen LogP contribution in [0.2, 0.25) is 0 Å². The highest BCUT2D eigenvalue weighted by Gasteiger charge is 2.21. The topological polar surface area (TPSA) is 101 Å². The monoisotopic (exact) mass is 199 g/mol. The Morgan fingerprint density at radius 2 is 2.36 bits per heavy atom. The van der Waals surface area contributed by atoms with E-state index in [0.29, 0.717) is 5.56 Å². The number of nitrogens with zero attached hydrogens (tertiary/aromatic N) is 2. The van der Waals surface area contributed by atoms with Crippen LogP contribution in [-0.2, 0) is 11.8 Å². The summed E-state index contributed by atoms with van der Waals surface area (Å²) in [4.78, 5) is 10.5. The van der Waals surface area contributed by atoms with Crippen molar-refractivity contribution in [2.24, 2.45) is 12.8 Å². The number of aliphatic hydroxyl groups excluding tert-OH is 2. The van der Waals surface area contributed by atoms with E-state index in [2.05, 4.69) is 5.10 Å². The fourth-order valence-electron chi connectivity index (χ4n) is 1.13. The molecule has 1 heterocycles. The molecule has 0 saturated heterocycles. The number of carbonyl (C=O) groups is 1. The number of rotatable bonds is 4. The van der Waals surface area contributed by atoms with Gasteiger partial charge in [0.25, 0.3) is 0 Å². The lowest BCUT2D eigenvalue weighted by atomic mass is 10.1. The lowest BCUT2D eigenvalue weighted by molar-refractivity contribution is -0.121. The van der Waals surface area contributed by atoms with Crippen LogP contribution in [0.5, 0.6) is 0 Å². The zero-order chi connectivity index (χ0) is 10.7. The maximum Gasteiger partial charge on any atom is 0.220 e. The van der Waals surface area contributed by atoms with Gasteiger partial charge in [0, 0.05) is 18.8 Å². The SMILES string of the molecule is Cn1cc(C(O)C(O)CC(N)=O)cn1. The maximum atomic E-state index is 10.5. The molecule has 2 atom stereocenters. The highest BCUT2D eigenvalue weighted by atomic mass is 16.3.